The molecule has 0 bridgehead atoms. The smallest absolute Gasteiger partial charge is 0.175 e. The molecule has 0 saturated heterocycles. The minimum atomic E-state index is -0.428. The Kier molecular flexibility index (Phi) is 3.86. The number of benzene rings is 1. The Balaban J connectivity index is 3.54. The van der Waals surface area contributed by atoms with E-state index in [4.69, 9.17) is 15.2 Å². The Hall–Kier alpha value is -0.740. The zero-order chi connectivity index (χ0) is 12.5. The molecule has 1 aromatic rings. The molecule has 0 aromatic heterocycles. The average molecular weight is 288 g/mol. The Bertz CT molecular complexity index is 397. The van der Waals surface area contributed by atoms with Crippen molar-refractivity contribution >= 4 is 15.9 Å². The lowest BCUT2D eigenvalue weighted by molar-refractivity contribution is 0.350. The van der Waals surface area contributed by atoms with Crippen LogP contribution in [0, 0.1) is 6.92 Å². The van der Waals surface area contributed by atoms with Crippen LogP contribution in [0.2, 0.25) is 0 Å². The molecule has 90 valence electrons. The number of aryl methyl sites for hydroxylation is 1. The minimum Gasteiger partial charge on any atom is -0.493 e. The van der Waals surface area contributed by atoms with E-state index in [1.54, 1.807) is 14.2 Å². The van der Waals surface area contributed by atoms with E-state index in [9.17, 15) is 0 Å². The summed E-state index contributed by atoms with van der Waals surface area (Å²) in [5.74, 6) is 1.39. The largest absolute Gasteiger partial charge is 0.493 e. The Morgan fingerprint density at radius 2 is 1.81 bits per heavy atom. The second kappa shape index (κ2) is 4.63. The molecule has 0 fully saturated rings. The van der Waals surface area contributed by atoms with Crippen molar-refractivity contribution in [3.8, 4) is 11.5 Å². The number of hydrogen-bond donors (Lipinski definition) is 1. The molecule has 1 rings (SSSR count). The fourth-order valence-corrected chi connectivity index (χ4v) is 3.04. The third kappa shape index (κ3) is 2.33. The van der Waals surface area contributed by atoms with Gasteiger partial charge < -0.3 is 15.2 Å². The van der Waals surface area contributed by atoms with Crippen molar-refractivity contribution in [3.63, 3.8) is 0 Å². The van der Waals surface area contributed by atoms with Gasteiger partial charge in [-0.25, -0.2) is 0 Å². The maximum atomic E-state index is 6.15. The molecule has 3 nitrogen and oxygen atoms in total. The first-order chi connectivity index (χ1) is 7.32. The van der Waals surface area contributed by atoms with Crippen molar-refractivity contribution in [1.29, 1.82) is 0 Å². The van der Waals surface area contributed by atoms with Crippen LogP contribution in [0.5, 0.6) is 11.5 Å². The molecule has 4 heteroatoms. The predicted molar refractivity (Wildman–Crippen MR) is 69.2 cm³/mol. The van der Waals surface area contributed by atoms with Gasteiger partial charge in [0, 0.05) is 5.54 Å². The monoisotopic (exact) mass is 287 g/mol. The van der Waals surface area contributed by atoms with Gasteiger partial charge in [0.25, 0.3) is 0 Å². The van der Waals surface area contributed by atoms with Crippen LogP contribution < -0.4 is 15.2 Å². The minimum absolute atomic E-state index is 0.428. The van der Waals surface area contributed by atoms with Gasteiger partial charge in [-0.05, 0) is 53.9 Å². The second-order valence-electron chi connectivity index (χ2n) is 4.34. The van der Waals surface area contributed by atoms with Gasteiger partial charge in [-0.3, -0.25) is 0 Å². The lowest BCUT2D eigenvalue weighted by Crippen LogP contribution is -2.30. The van der Waals surface area contributed by atoms with E-state index in [0.717, 1.165) is 15.6 Å². The number of nitrogens with two attached hydrogens (primary N) is 1. The second-order valence-corrected chi connectivity index (χ2v) is 5.13. The topological polar surface area (TPSA) is 44.5 Å². The van der Waals surface area contributed by atoms with Crippen molar-refractivity contribution in [3.05, 3.63) is 21.7 Å². The molecule has 0 atom stereocenters. The van der Waals surface area contributed by atoms with E-state index < -0.39 is 5.54 Å². The standard InChI is InChI=1S/C12H18BrNO2/c1-7-6-8(15-4)11(16-5)10(13)9(7)12(2,3)14/h6H,14H2,1-5H3. The fourth-order valence-electron chi connectivity index (χ4n) is 1.86. The third-order valence-electron chi connectivity index (χ3n) is 2.45. The molecular formula is C12H18BrNO2. The van der Waals surface area contributed by atoms with Crippen molar-refractivity contribution < 1.29 is 9.47 Å². The molecule has 0 aliphatic carbocycles. The summed E-state index contributed by atoms with van der Waals surface area (Å²) in [5.41, 5.74) is 7.83. The van der Waals surface area contributed by atoms with Gasteiger partial charge in [-0.2, -0.15) is 0 Å². The van der Waals surface area contributed by atoms with Crippen LogP contribution in [-0.2, 0) is 5.54 Å². The number of ether oxygens (including phenoxy) is 2. The summed E-state index contributed by atoms with van der Waals surface area (Å²) in [7, 11) is 3.24. The molecule has 0 spiro atoms. The van der Waals surface area contributed by atoms with Gasteiger partial charge in [0.15, 0.2) is 11.5 Å². The van der Waals surface area contributed by atoms with E-state index >= 15 is 0 Å². The van der Waals surface area contributed by atoms with Crippen molar-refractivity contribution in [1.82, 2.24) is 0 Å². The van der Waals surface area contributed by atoms with E-state index in [2.05, 4.69) is 15.9 Å². The maximum Gasteiger partial charge on any atom is 0.175 e. The number of methoxy groups -OCH3 is 2. The molecular weight excluding hydrogens is 270 g/mol. The lowest BCUT2D eigenvalue weighted by Gasteiger charge is -2.25. The molecule has 0 radical (unpaired) electrons. The lowest BCUT2D eigenvalue weighted by atomic mass is 9.91. The van der Waals surface area contributed by atoms with Gasteiger partial charge in [-0.15, -0.1) is 0 Å². The van der Waals surface area contributed by atoms with Gasteiger partial charge in [-0.1, -0.05) is 0 Å². The SMILES string of the molecule is COc1cc(C)c(C(C)(C)N)c(Br)c1OC. The molecule has 2 N–H and O–H groups in total. The molecule has 1 aromatic carbocycles. The Morgan fingerprint density at radius 1 is 1.25 bits per heavy atom. The normalized spacial score (nSPS) is 11.4. The fraction of sp³-hybridized carbons (Fsp3) is 0.500. The molecule has 0 aliphatic rings. The Morgan fingerprint density at radius 3 is 2.19 bits per heavy atom. The van der Waals surface area contributed by atoms with Crippen molar-refractivity contribution in [2.75, 3.05) is 14.2 Å². The van der Waals surface area contributed by atoms with E-state index in [0.29, 0.717) is 11.5 Å². The summed E-state index contributed by atoms with van der Waals surface area (Å²) < 4.78 is 11.5. The first-order valence-corrected chi connectivity index (χ1v) is 5.82. The number of halogens is 1. The van der Waals surface area contributed by atoms with Crippen LogP contribution in [0.3, 0.4) is 0 Å². The molecule has 0 amide bonds. The van der Waals surface area contributed by atoms with E-state index in [1.807, 2.05) is 26.8 Å². The van der Waals surface area contributed by atoms with Crippen LogP contribution in [0.15, 0.2) is 10.5 Å². The quantitative estimate of drug-likeness (QED) is 0.930. The van der Waals surface area contributed by atoms with Crippen LogP contribution in [0.1, 0.15) is 25.0 Å². The van der Waals surface area contributed by atoms with Crippen molar-refractivity contribution in [2.24, 2.45) is 5.73 Å². The van der Waals surface area contributed by atoms with Crippen molar-refractivity contribution in [2.45, 2.75) is 26.3 Å². The highest BCUT2D eigenvalue weighted by molar-refractivity contribution is 9.10. The Labute approximate surface area is 105 Å². The van der Waals surface area contributed by atoms with Gasteiger partial charge in [0.1, 0.15) is 0 Å². The molecule has 16 heavy (non-hydrogen) atoms. The average Bonchev–Trinajstić information content (AvgIpc) is 2.14. The molecule has 0 saturated carbocycles. The summed E-state index contributed by atoms with van der Waals surface area (Å²) in [6, 6.07) is 1.94. The number of rotatable bonds is 3. The summed E-state index contributed by atoms with van der Waals surface area (Å²) >= 11 is 3.53. The highest BCUT2D eigenvalue weighted by atomic mass is 79.9. The first kappa shape index (κ1) is 13.3. The van der Waals surface area contributed by atoms with Gasteiger partial charge in [0.2, 0.25) is 0 Å². The summed E-state index contributed by atoms with van der Waals surface area (Å²) in [6.07, 6.45) is 0. The van der Waals surface area contributed by atoms with Crippen LogP contribution in [-0.4, -0.2) is 14.2 Å². The molecule has 0 unspecified atom stereocenters. The van der Waals surface area contributed by atoms with Gasteiger partial charge >= 0.3 is 0 Å². The zero-order valence-electron chi connectivity index (χ0n) is 10.3. The predicted octanol–water partition coefficient (Wildman–Crippen LogP) is 2.97. The summed E-state index contributed by atoms with van der Waals surface area (Å²) in [6.45, 7) is 5.94. The first-order valence-electron chi connectivity index (χ1n) is 5.03. The highest BCUT2D eigenvalue weighted by Gasteiger charge is 2.24. The highest BCUT2D eigenvalue weighted by Crippen LogP contribution is 2.42. The maximum absolute atomic E-state index is 6.15. The molecule has 0 heterocycles. The number of hydrogen-bond acceptors (Lipinski definition) is 3. The molecule has 0 aliphatic heterocycles. The van der Waals surface area contributed by atoms with Crippen LogP contribution in [0.4, 0.5) is 0 Å². The van der Waals surface area contributed by atoms with E-state index in [-0.39, 0.29) is 0 Å². The zero-order valence-corrected chi connectivity index (χ0v) is 11.9. The van der Waals surface area contributed by atoms with Crippen LogP contribution >= 0.6 is 15.9 Å². The van der Waals surface area contributed by atoms with Crippen LogP contribution in [0.25, 0.3) is 0 Å². The third-order valence-corrected chi connectivity index (χ3v) is 3.21. The summed E-state index contributed by atoms with van der Waals surface area (Å²) in [4.78, 5) is 0. The summed E-state index contributed by atoms with van der Waals surface area (Å²) in [5, 5.41) is 0. The van der Waals surface area contributed by atoms with Gasteiger partial charge in [0.05, 0.1) is 18.7 Å². The van der Waals surface area contributed by atoms with E-state index in [1.165, 1.54) is 0 Å².